The molecule has 0 spiro atoms. The highest BCUT2D eigenvalue weighted by molar-refractivity contribution is 5.28. The number of nitrogens with one attached hydrogen (secondary N) is 1. The minimum atomic E-state index is -0.226. The van der Waals surface area contributed by atoms with Gasteiger partial charge in [0, 0.05) is 12.8 Å². The lowest BCUT2D eigenvalue weighted by Gasteiger charge is -2.37. The van der Waals surface area contributed by atoms with Crippen LogP contribution in [0.3, 0.4) is 0 Å². The van der Waals surface area contributed by atoms with Crippen molar-refractivity contribution in [1.29, 1.82) is 0 Å². The molecule has 112 valence electrons. The maximum Gasteiger partial charge on any atom is 0.137 e. The molecule has 1 aliphatic carbocycles. The van der Waals surface area contributed by atoms with E-state index in [2.05, 4.69) is 10.4 Å². The predicted molar refractivity (Wildman–Crippen MR) is 78.3 cm³/mol. The van der Waals surface area contributed by atoms with Crippen LogP contribution < -0.4 is 16.0 Å². The Bertz CT molecular complexity index is 419. The molecule has 1 unspecified atom stereocenters. The highest BCUT2D eigenvalue weighted by atomic mass is 16.5. The Kier molecular flexibility index (Phi) is 5.34. The van der Waals surface area contributed by atoms with Crippen molar-refractivity contribution in [2.75, 3.05) is 13.2 Å². The monoisotopic (exact) mass is 279 g/mol. The van der Waals surface area contributed by atoms with Crippen LogP contribution in [0.15, 0.2) is 18.5 Å². The van der Waals surface area contributed by atoms with Gasteiger partial charge in [0.1, 0.15) is 5.75 Å². The molecule has 5 nitrogen and oxygen atoms in total. The first-order chi connectivity index (χ1) is 9.75. The van der Waals surface area contributed by atoms with E-state index >= 15 is 0 Å². The minimum absolute atomic E-state index is 0.0575. The van der Waals surface area contributed by atoms with Gasteiger partial charge in [-0.05, 0) is 38.3 Å². The van der Waals surface area contributed by atoms with Gasteiger partial charge in [-0.15, -0.1) is 0 Å². The van der Waals surface area contributed by atoms with E-state index in [0.717, 1.165) is 24.2 Å². The van der Waals surface area contributed by atoms with Gasteiger partial charge in [-0.3, -0.25) is 16.3 Å². The lowest BCUT2D eigenvalue weighted by molar-refractivity contribution is -0.0628. The second-order valence-corrected chi connectivity index (χ2v) is 5.19. The molecule has 1 aliphatic rings. The van der Waals surface area contributed by atoms with Crippen LogP contribution in [0.2, 0.25) is 0 Å². The van der Waals surface area contributed by atoms with Gasteiger partial charge in [0.05, 0.1) is 24.4 Å². The number of ether oxygens (including phenoxy) is 2. The lowest BCUT2D eigenvalue weighted by Crippen LogP contribution is -2.47. The average Bonchev–Trinajstić information content (AvgIpc) is 2.90. The van der Waals surface area contributed by atoms with Crippen molar-refractivity contribution in [3.8, 4) is 5.75 Å². The van der Waals surface area contributed by atoms with Gasteiger partial charge < -0.3 is 9.47 Å². The van der Waals surface area contributed by atoms with Crippen molar-refractivity contribution in [1.82, 2.24) is 10.4 Å². The SMILES string of the molecule is CCOc1cncc(C(NN)C2(OCC)CCCC2)c1. The zero-order valence-corrected chi connectivity index (χ0v) is 12.4. The van der Waals surface area contributed by atoms with Crippen molar-refractivity contribution in [3.05, 3.63) is 24.0 Å². The van der Waals surface area contributed by atoms with Crippen molar-refractivity contribution in [2.45, 2.75) is 51.2 Å². The van der Waals surface area contributed by atoms with Gasteiger partial charge >= 0.3 is 0 Å². The molecule has 0 bridgehead atoms. The summed E-state index contributed by atoms with van der Waals surface area (Å²) in [4.78, 5) is 4.26. The second-order valence-electron chi connectivity index (χ2n) is 5.19. The van der Waals surface area contributed by atoms with Gasteiger partial charge in [0.2, 0.25) is 0 Å². The number of hydrazine groups is 1. The number of hydrogen-bond donors (Lipinski definition) is 2. The molecule has 1 fully saturated rings. The van der Waals surface area contributed by atoms with Crippen LogP contribution in [-0.2, 0) is 4.74 Å². The number of nitrogens with two attached hydrogens (primary N) is 1. The minimum Gasteiger partial charge on any atom is -0.492 e. The molecule has 1 heterocycles. The number of aromatic nitrogens is 1. The molecule has 1 atom stereocenters. The molecular formula is C15H25N3O2. The summed E-state index contributed by atoms with van der Waals surface area (Å²) in [5.74, 6) is 6.60. The summed E-state index contributed by atoms with van der Waals surface area (Å²) in [6, 6.07) is 1.94. The zero-order chi connectivity index (χ0) is 14.4. The first kappa shape index (κ1) is 15.2. The van der Waals surface area contributed by atoms with E-state index in [4.69, 9.17) is 15.3 Å². The van der Waals surface area contributed by atoms with Gasteiger partial charge in [-0.1, -0.05) is 12.8 Å². The van der Waals surface area contributed by atoms with Crippen LogP contribution in [0.1, 0.15) is 51.1 Å². The molecule has 0 aromatic carbocycles. The molecular weight excluding hydrogens is 254 g/mol. The summed E-state index contributed by atoms with van der Waals surface area (Å²) in [7, 11) is 0. The van der Waals surface area contributed by atoms with Crippen LogP contribution in [0.25, 0.3) is 0 Å². The van der Waals surface area contributed by atoms with E-state index in [1.807, 2.05) is 26.1 Å². The summed E-state index contributed by atoms with van der Waals surface area (Å²) >= 11 is 0. The maximum absolute atomic E-state index is 6.09. The van der Waals surface area contributed by atoms with E-state index in [1.165, 1.54) is 12.8 Å². The van der Waals surface area contributed by atoms with Crippen LogP contribution >= 0.6 is 0 Å². The van der Waals surface area contributed by atoms with Crippen molar-refractivity contribution in [3.63, 3.8) is 0 Å². The lowest BCUT2D eigenvalue weighted by atomic mass is 9.87. The van der Waals surface area contributed by atoms with Gasteiger partial charge in [-0.25, -0.2) is 0 Å². The van der Waals surface area contributed by atoms with E-state index in [1.54, 1.807) is 6.20 Å². The second kappa shape index (κ2) is 7.02. The Morgan fingerprint density at radius 1 is 1.30 bits per heavy atom. The predicted octanol–water partition coefficient (Wildman–Crippen LogP) is 2.33. The van der Waals surface area contributed by atoms with Crippen molar-refractivity contribution in [2.24, 2.45) is 5.84 Å². The fraction of sp³-hybridized carbons (Fsp3) is 0.667. The molecule has 0 saturated heterocycles. The third kappa shape index (κ3) is 3.11. The van der Waals surface area contributed by atoms with Crippen LogP contribution in [-0.4, -0.2) is 23.8 Å². The van der Waals surface area contributed by atoms with Crippen LogP contribution in [0, 0.1) is 0 Å². The van der Waals surface area contributed by atoms with E-state index in [-0.39, 0.29) is 11.6 Å². The average molecular weight is 279 g/mol. The number of pyridine rings is 1. The summed E-state index contributed by atoms with van der Waals surface area (Å²) in [5, 5.41) is 0. The van der Waals surface area contributed by atoms with Gasteiger partial charge in [0.15, 0.2) is 0 Å². The largest absolute Gasteiger partial charge is 0.492 e. The summed E-state index contributed by atoms with van der Waals surface area (Å²) < 4.78 is 11.6. The molecule has 5 heteroatoms. The van der Waals surface area contributed by atoms with E-state index in [9.17, 15) is 0 Å². The van der Waals surface area contributed by atoms with Gasteiger partial charge in [-0.2, -0.15) is 0 Å². The molecule has 1 aromatic heterocycles. The Balaban J connectivity index is 2.28. The Hall–Kier alpha value is -1.17. The van der Waals surface area contributed by atoms with Crippen LogP contribution in [0.4, 0.5) is 0 Å². The number of rotatable bonds is 7. The zero-order valence-electron chi connectivity index (χ0n) is 12.4. The smallest absolute Gasteiger partial charge is 0.137 e. The highest BCUT2D eigenvalue weighted by Crippen LogP contribution is 2.42. The first-order valence-corrected chi connectivity index (χ1v) is 7.43. The van der Waals surface area contributed by atoms with E-state index in [0.29, 0.717) is 13.2 Å². The highest BCUT2D eigenvalue weighted by Gasteiger charge is 2.42. The molecule has 1 aromatic rings. The molecule has 1 saturated carbocycles. The third-order valence-electron chi connectivity index (χ3n) is 3.95. The molecule has 0 radical (unpaired) electrons. The standard InChI is InChI=1S/C15H25N3O2/c1-3-19-13-9-12(10-17-11-13)14(18-16)15(20-4-2)7-5-6-8-15/h9-11,14,18H,3-8,16H2,1-2H3. The number of nitrogens with zero attached hydrogens (tertiary/aromatic N) is 1. The molecule has 20 heavy (non-hydrogen) atoms. The summed E-state index contributed by atoms with van der Waals surface area (Å²) in [5.41, 5.74) is 3.73. The van der Waals surface area contributed by atoms with Gasteiger partial charge in [0.25, 0.3) is 0 Å². The molecule has 3 N–H and O–H groups in total. The Morgan fingerprint density at radius 2 is 2.05 bits per heavy atom. The molecule has 0 aliphatic heterocycles. The summed E-state index contributed by atoms with van der Waals surface area (Å²) in [6.07, 6.45) is 7.96. The van der Waals surface area contributed by atoms with Crippen LogP contribution in [0.5, 0.6) is 5.75 Å². The Labute approximate surface area is 120 Å². The molecule has 2 rings (SSSR count). The fourth-order valence-corrected chi connectivity index (χ4v) is 3.17. The number of hydrogen-bond acceptors (Lipinski definition) is 5. The maximum atomic E-state index is 6.09. The quantitative estimate of drug-likeness (QED) is 0.592. The van der Waals surface area contributed by atoms with Crippen molar-refractivity contribution >= 4 is 0 Å². The topological polar surface area (TPSA) is 69.4 Å². The Morgan fingerprint density at radius 3 is 2.65 bits per heavy atom. The normalized spacial score (nSPS) is 18.9. The first-order valence-electron chi connectivity index (χ1n) is 7.43. The molecule has 0 amide bonds. The fourth-order valence-electron chi connectivity index (χ4n) is 3.17. The van der Waals surface area contributed by atoms with E-state index < -0.39 is 0 Å². The van der Waals surface area contributed by atoms with Crippen molar-refractivity contribution < 1.29 is 9.47 Å². The third-order valence-corrected chi connectivity index (χ3v) is 3.95. The summed E-state index contributed by atoms with van der Waals surface area (Å²) in [6.45, 7) is 5.31.